The number of rotatable bonds is 5. The average molecular weight is 506 g/mol. The van der Waals surface area contributed by atoms with Gasteiger partial charge >= 0.3 is 11.5 Å². The van der Waals surface area contributed by atoms with Gasteiger partial charge in [-0.15, -0.1) is 0 Å². The van der Waals surface area contributed by atoms with Crippen LogP contribution in [0.25, 0.3) is 22.3 Å². The highest BCUT2D eigenvalue weighted by Gasteiger charge is 2.23. The molecule has 2 heteroatoms. The summed E-state index contributed by atoms with van der Waals surface area (Å²) in [6.07, 6.45) is 15.1. The Morgan fingerprint density at radius 1 is 0.676 bits per heavy atom. The first kappa shape index (κ1) is 26.7. The lowest BCUT2D eigenvalue weighted by molar-refractivity contribution is 0.517. The molecule has 0 saturated carbocycles. The van der Waals surface area contributed by atoms with Gasteiger partial charge < -0.3 is 0 Å². The highest BCUT2D eigenvalue weighted by molar-refractivity contribution is 8.12. The fraction of sp³-hybridized carbons (Fsp3) is 0.229. The van der Waals surface area contributed by atoms with Gasteiger partial charge in [0.15, 0.2) is 0 Å². The summed E-state index contributed by atoms with van der Waals surface area (Å²) in [4.78, 5) is 2.52. The Morgan fingerprint density at radius 2 is 1.32 bits per heavy atom. The Labute approximate surface area is 227 Å². The number of hydrogen-bond acceptors (Lipinski definition) is 1. The van der Waals surface area contributed by atoms with Gasteiger partial charge in [0.1, 0.15) is 0 Å². The molecule has 0 radical (unpaired) electrons. The van der Waals surface area contributed by atoms with Gasteiger partial charge in [-0.05, 0) is 57.9 Å². The number of hydrogen-bond donors (Lipinski definition) is 0. The first-order valence-electron chi connectivity index (χ1n) is 12.9. The molecule has 2 heterocycles. The molecule has 0 fully saturated rings. The third kappa shape index (κ3) is 7.33. The van der Waals surface area contributed by atoms with Crippen LogP contribution < -0.4 is 0 Å². The zero-order valence-electron chi connectivity index (χ0n) is 22.8. The predicted octanol–water partition coefficient (Wildman–Crippen LogP) is 10.7. The predicted molar refractivity (Wildman–Crippen MR) is 163 cm³/mol. The maximum Gasteiger partial charge on any atom is 0.361 e. The average Bonchev–Trinajstić information content (AvgIpc) is 2.88. The normalized spacial score (nSPS) is 15.9. The van der Waals surface area contributed by atoms with E-state index in [0.717, 1.165) is 17.1 Å². The molecule has 1 nitrogen and oxygen atoms in total. The van der Waals surface area contributed by atoms with E-state index in [1.807, 2.05) is 42.1 Å². The molecule has 3 aromatic rings. The molecule has 0 bridgehead atoms. The van der Waals surface area contributed by atoms with E-state index in [-0.39, 0.29) is 10.8 Å². The van der Waals surface area contributed by atoms with E-state index in [2.05, 4.69) is 127 Å². The minimum atomic E-state index is 0.0302. The van der Waals surface area contributed by atoms with Gasteiger partial charge in [0, 0.05) is 28.0 Å². The van der Waals surface area contributed by atoms with Gasteiger partial charge in [-0.25, -0.2) is 4.42 Å². The van der Waals surface area contributed by atoms with E-state index in [9.17, 15) is 0 Å². The van der Waals surface area contributed by atoms with Crippen LogP contribution in [0.5, 0.6) is 0 Å². The fourth-order valence-electron chi connectivity index (χ4n) is 3.93. The van der Waals surface area contributed by atoms with E-state index < -0.39 is 0 Å². The summed E-state index contributed by atoms with van der Waals surface area (Å²) in [5.74, 6) is 1.73. The molecule has 0 amide bonds. The van der Waals surface area contributed by atoms with E-state index in [1.54, 1.807) is 0 Å². The molecule has 0 unspecified atom stereocenters. The summed E-state index contributed by atoms with van der Waals surface area (Å²) in [6.45, 7) is 13.5. The van der Waals surface area contributed by atoms with Crippen LogP contribution in [0.15, 0.2) is 124 Å². The van der Waals surface area contributed by atoms with Crippen molar-refractivity contribution >= 4 is 22.7 Å². The Morgan fingerprint density at radius 3 is 1.95 bits per heavy atom. The number of allylic oxidation sites excluding steroid dienone is 7. The summed E-state index contributed by atoms with van der Waals surface area (Å²) in [6, 6.07) is 25.2. The van der Waals surface area contributed by atoms with Crippen molar-refractivity contribution < 1.29 is 4.42 Å². The van der Waals surface area contributed by atoms with E-state index in [4.69, 9.17) is 4.42 Å². The SMILES string of the molecule is CC(C)(C)C1=C\C(=C/C=C/C=C/c2cc(C(C)(C)C)cc(-c3ccccc3)[o+]2)SC(c2ccccc2)=C1. The van der Waals surface area contributed by atoms with Crippen LogP contribution >= 0.6 is 11.8 Å². The maximum atomic E-state index is 6.25. The highest BCUT2D eigenvalue weighted by atomic mass is 32.2. The second-order valence-electron chi connectivity index (χ2n) is 11.4. The molecule has 1 aliphatic heterocycles. The van der Waals surface area contributed by atoms with Crippen molar-refractivity contribution in [2.24, 2.45) is 5.41 Å². The monoisotopic (exact) mass is 505 g/mol. The third-order valence-electron chi connectivity index (χ3n) is 6.22. The van der Waals surface area contributed by atoms with Gasteiger partial charge in [0.2, 0.25) is 0 Å². The van der Waals surface area contributed by atoms with Crippen LogP contribution in [0.3, 0.4) is 0 Å². The van der Waals surface area contributed by atoms with Crippen LogP contribution in [0.2, 0.25) is 0 Å². The minimum absolute atomic E-state index is 0.0302. The molecule has 2 aromatic carbocycles. The lowest BCUT2D eigenvalue weighted by Gasteiger charge is -2.25. The quantitative estimate of drug-likeness (QED) is 0.252. The Kier molecular flexibility index (Phi) is 8.19. The summed E-state index contributed by atoms with van der Waals surface area (Å²) >= 11 is 1.82. The van der Waals surface area contributed by atoms with E-state index in [1.165, 1.54) is 26.5 Å². The van der Waals surface area contributed by atoms with Crippen LogP contribution in [0, 0.1) is 5.41 Å². The van der Waals surface area contributed by atoms with Crippen molar-refractivity contribution in [3.05, 3.63) is 137 Å². The van der Waals surface area contributed by atoms with Crippen molar-refractivity contribution in [3.63, 3.8) is 0 Å². The fourth-order valence-corrected chi connectivity index (χ4v) is 4.95. The highest BCUT2D eigenvalue weighted by Crippen LogP contribution is 2.43. The molecular formula is C35H37OS+. The molecular weight excluding hydrogens is 468 g/mol. The molecule has 0 N–H and O–H groups in total. The van der Waals surface area contributed by atoms with Gasteiger partial charge in [-0.3, -0.25) is 0 Å². The van der Waals surface area contributed by atoms with Gasteiger partial charge in [0.05, 0.1) is 5.56 Å². The first-order chi connectivity index (χ1) is 17.6. The molecule has 0 saturated heterocycles. The first-order valence-corrected chi connectivity index (χ1v) is 13.7. The zero-order valence-corrected chi connectivity index (χ0v) is 23.6. The van der Waals surface area contributed by atoms with Crippen LogP contribution in [0.1, 0.15) is 58.4 Å². The van der Waals surface area contributed by atoms with Crippen LogP contribution in [-0.2, 0) is 5.41 Å². The van der Waals surface area contributed by atoms with Gasteiger partial charge in [-0.2, -0.15) is 0 Å². The summed E-state index contributed by atoms with van der Waals surface area (Å²) in [5.41, 5.74) is 5.05. The molecule has 0 atom stereocenters. The van der Waals surface area contributed by atoms with Crippen molar-refractivity contribution in [2.45, 2.75) is 47.0 Å². The van der Waals surface area contributed by atoms with Crippen LogP contribution in [0.4, 0.5) is 0 Å². The standard InChI is InChI=1S/C35H37OS/c1-34(2,3)28-22-30(36-32(24-28)26-16-10-7-11-17-26)20-14-9-15-21-31-23-29(35(4,5)6)25-33(37-31)27-18-12-8-13-19-27/h7-25H,1-6H3/q+1/b15-9+,20-14+,31-21+. The van der Waals surface area contributed by atoms with Gasteiger partial charge in [0.25, 0.3) is 0 Å². The van der Waals surface area contributed by atoms with E-state index >= 15 is 0 Å². The minimum Gasteiger partial charge on any atom is -0.208 e. The third-order valence-corrected chi connectivity index (χ3v) is 7.28. The van der Waals surface area contributed by atoms with Gasteiger partial charge in [-0.1, -0.05) is 120 Å². The Hall–Kier alpha value is -3.36. The largest absolute Gasteiger partial charge is 0.361 e. The lowest BCUT2D eigenvalue weighted by atomic mass is 9.85. The second kappa shape index (κ2) is 11.4. The molecule has 1 aliphatic rings. The molecule has 1 aromatic heterocycles. The Bertz CT molecular complexity index is 1370. The van der Waals surface area contributed by atoms with E-state index in [0.29, 0.717) is 0 Å². The Balaban J connectivity index is 1.57. The van der Waals surface area contributed by atoms with Crippen molar-refractivity contribution in [1.29, 1.82) is 0 Å². The zero-order chi connectivity index (χ0) is 26.5. The second-order valence-corrected chi connectivity index (χ2v) is 12.5. The topological polar surface area (TPSA) is 11.3 Å². The number of thioether (sulfide) groups is 1. The van der Waals surface area contributed by atoms with Crippen molar-refractivity contribution in [3.8, 4) is 11.3 Å². The van der Waals surface area contributed by atoms with Crippen molar-refractivity contribution in [1.82, 2.24) is 0 Å². The van der Waals surface area contributed by atoms with Crippen LogP contribution in [-0.4, -0.2) is 0 Å². The molecule has 4 rings (SSSR count). The molecule has 37 heavy (non-hydrogen) atoms. The maximum absolute atomic E-state index is 6.25. The molecule has 0 aliphatic carbocycles. The smallest absolute Gasteiger partial charge is 0.208 e. The lowest BCUT2D eigenvalue weighted by Crippen LogP contribution is -2.11. The summed E-state index contributed by atoms with van der Waals surface area (Å²) in [5, 5.41) is 0. The summed E-state index contributed by atoms with van der Waals surface area (Å²) in [7, 11) is 0. The summed E-state index contributed by atoms with van der Waals surface area (Å²) < 4.78 is 6.25. The van der Waals surface area contributed by atoms with Crippen molar-refractivity contribution in [2.75, 3.05) is 0 Å². The molecule has 188 valence electrons. The number of benzene rings is 2. The molecule has 0 spiro atoms.